The van der Waals surface area contributed by atoms with Crippen LogP contribution in [0.4, 0.5) is 0 Å². The van der Waals surface area contributed by atoms with Crippen molar-refractivity contribution in [2.75, 3.05) is 0 Å². The zero-order chi connectivity index (χ0) is 31.1. The zero-order valence-electron chi connectivity index (χ0n) is 25.0. The van der Waals surface area contributed by atoms with E-state index < -0.39 is 40.0 Å². The molecule has 3 aromatic carbocycles. The Morgan fingerprint density at radius 1 is 0.814 bits per heavy atom. The third-order valence-electron chi connectivity index (χ3n) is 8.22. The normalized spacial score (nSPS) is 15.3. The van der Waals surface area contributed by atoms with E-state index in [2.05, 4.69) is 20.3 Å². The molecular formula is C33H40N4O5S. The zero-order valence-corrected chi connectivity index (χ0v) is 25.8. The van der Waals surface area contributed by atoms with Crippen molar-refractivity contribution in [1.82, 2.24) is 20.3 Å². The smallest absolute Gasteiger partial charge is 0.243 e. The van der Waals surface area contributed by atoms with Gasteiger partial charge in [0.2, 0.25) is 21.8 Å². The van der Waals surface area contributed by atoms with Gasteiger partial charge in [0.15, 0.2) is 0 Å². The van der Waals surface area contributed by atoms with E-state index in [0.717, 1.165) is 21.9 Å². The molecule has 0 radical (unpaired) electrons. The monoisotopic (exact) mass is 604 g/mol. The van der Waals surface area contributed by atoms with Crippen LogP contribution < -0.4 is 15.4 Å². The maximum absolute atomic E-state index is 13.7. The highest BCUT2D eigenvalue weighted by Gasteiger charge is 2.35. The Morgan fingerprint density at radius 2 is 1.42 bits per heavy atom. The highest BCUT2D eigenvalue weighted by atomic mass is 32.2. The van der Waals surface area contributed by atoms with Crippen LogP contribution in [0.1, 0.15) is 46.1 Å². The summed E-state index contributed by atoms with van der Waals surface area (Å²) in [5.41, 5.74) is 1.82. The molecule has 0 saturated heterocycles. The van der Waals surface area contributed by atoms with Crippen molar-refractivity contribution in [3.63, 3.8) is 0 Å². The van der Waals surface area contributed by atoms with Gasteiger partial charge in [0.25, 0.3) is 0 Å². The number of sulfonamides is 1. The minimum Gasteiger partial charge on any atom is -0.361 e. The lowest BCUT2D eigenvalue weighted by Gasteiger charge is -2.29. The van der Waals surface area contributed by atoms with E-state index in [1.54, 1.807) is 25.1 Å². The number of hydrogen-bond acceptors (Lipinski definition) is 5. The van der Waals surface area contributed by atoms with Gasteiger partial charge in [0.05, 0.1) is 10.9 Å². The summed E-state index contributed by atoms with van der Waals surface area (Å²) in [7, 11) is -4.10. The lowest BCUT2D eigenvalue weighted by molar-refractivity contribution is -0.132. The minimum atomic E-state index is -4.10. The first-order chi connectivity index (χ1) is 20.6. The highest BCUT2D eigenvalue weighted by Crippen LogP contribution is 2.24. The topological polar surface area (TPSA) is 137 Å². The molecule has 10 heteroatoms. The second kappa shape index (κ2) is 14.0. The summed E-state index contributed by atoms with van der Waals surface area (Å²) in [4.78, 5) is 42.5. The fraction of sp³-hybridized carbons (Fsp3) is 0.364. The lowest BCUT2D eigenvalue weighted by atomic mass is 9.95. The summed E-state index contributed by atoms with van der Waals surface area (Å²) in [5, 5.41) is 7.88. The summed E-state index contributed by atoms with van der Waals surface area (Å²) in [6.45, 7) is 7.39. The number of H-pyrrole nitrogens is 1. The fourth-order valence-corrected chi connectivity index (χ4v) is 6.75. The number of benzene rings is 3. The Kier molecular flexibility index (Phi) is 10.4. The molecule has 0 spiro atoms. The van der Waals surface area contributed by atoms with Crippen LogP contribution in [-0.4, -0.2) is 49.6 Å². The average Bonchev–Trinajstić information content (AvgIpc) is 3.43. The number of para-hydroxylation sites is 1. The van der Waals surface area contributed by atoms with E-state index in [1.165, 1.54) is 6.07 Å². The van der Waals surface area contributed by atoms with Gasteiger partial charge in [0, 0.05) is 28.9 Å². The number of aromatic nitrogens is 1. The summed E-state index contributed by atoms with van der Waals surface area (Å²) in [5.74, 6) is -1.75. The highest BCUT2D eigenvalue weighted by molar-refractivity contribution is 7.89. The van der Waals surface area contributed by atoms with Crippen LogP contribution in [0.2, 0.25) is 0 Å². The van der Waals surface area contributed by atoms with E-state index in [1.807, 2.05) is 69.4 Å². The first kappa shape index (κ1) is 31.9. The standard InChI is InChI=1S/C33H40N4O5S/c1-5-21(3)30(32(39)35-25(20-38)18-24-19-34-28-16-10-9-14-26(24)28)36-33(40)31(22(4)6-2)37-43(41,42)29-17-11-13-23-12-7-8-15-27(23)29/h7-17,19-22,25,30-31,34,37H,5-6,18H2,1-4H3,(H,35,39)(H,36,40)/t21-,22-,25-,30-,31-/m0/s1. The number of fused-ring (bicyclic) bond motifs is 2. The number of rotatable bonds is 14. The van der Waals surface area contributed by atoms with Gasteiger partial charge in [-0.3, -0.25) is 9.59 Å². The molecule has 4 N–H and O–H groups in total. The van der Waals surface area contributed by atoms with Crippen LogP contribution in [-0.2, 0) is 30.8 Å². The van der Waals surface area contributed by atoms with Gasteiger partial charge in [-0.1, -0.05) is 95.1 Å². The molecule has 1 aromatic heterocycles. The molecular weight excluding hydrogens is 564 g/mol. The molecule has 5 atom stereocenters. The van der Waals surface area contributed by atoms with E-state index in [4.69, 9.17) is 0 Å². The Morgan fingerprint density at radius 3 is 2.12 bits per heavy atom. The Bertz CT molecular complexity index is 1690. The molecule has 9 nitrogen and oxygen atoms in total. The summed E-state index contributed by atoms with van der Waals surface area (Å²) in [6, 6.07) is 16.9. The van der Waals surface area contributed by atoms with E-state index >= 15 is 0 Å². The summed E-state index contributed by atoms with van der Waals surface area (Å²) in [6.07, 6.45) is 3.88. The number of carbonyl (C=O) groups is 3. The predicted octanol–water partition coefficient (Wildman–Crippen LogP) is 4.47. The molecule has 0 fully saturated rings. The van der Waals surface area contributed by atoms with E-state index in [-0.39, 0.29) is 23.2 Å². The van der Waals surface area contributed by atoms with E-state index in [9.17, 15) is 22.8 Å². The first-order valence-corrected chi connectivity index (χ1v) is 16.2. The lowest BCUT2D eigenvalue weighted by Crippen LogP contribution is -2.58. The van der Waals surface area contributed by atoms with Crippen LogP contribution in [0.3, 0.4) is 0 Å². The van der Waals surface area contributed by atoms with Crippen molar-refractivity contribution >= 4 is 49.8 Å². The Hall–Kier alpha value is -4.02. The van der Waals surface area contributed by atoms with Gasteiger partial charge in [-0.15, -0.1) is 0 Å². The molecule has 0 aliphatic rings. The molecule has 228 valence electrons. The van der Waals surface area contributed by atoms with Crippen molar-refractivity contribution in [1.29, 1.82) is 0 Å². The van der Waals surface area contributed by atoms with Gasteiger partial charge in [-0.25, -0.2) is 8.42 Å². The van der Waals surface area contributed by atoms with Crippen LogP contribution in [0.25, 0.3) is 21.7 Å². The summed E-state index contributed by atoms with van der Waals surface area (Å²) < 4.78 is 29.8. The third-order valence-corrected chi connectivity index (χ3v) is 9.72. The Balaban J connectivity index is 1.54. The van der Waals surface area contributed by atoms with E-state index in [0.29, 0.717) is 24.5 Å². The van der Waals surface area contributed by atoms with Gasteiger partial charge in [-0.05, 0) is 34.9 Å². The molecule has 0 unspecified atom stereocenters. The molecule has 0 aliphatic heterocycles. The van der Waals surface area contributed by atoms with Crippen LogP contribution >= 0.6 is 0 Å². The second-order valence-electron chi connectivity index (χ2n) is 11.1. The van der Waals surface area contributed by atoms with Crippen molar-refractivity contribution in [2.24, 2.45) is 11.8 Å². The number of aldehydes is 1. The van der Waals surface area contributed by atoms with Crippen LogP contribution in [0.15, 0.2) is 77.8 Å². The molecule has 2 amide bonds. The average molecular weight is 605 g/mol. The first-order valence-electron chi connectivity index (χ1n) is 14.7. The number of nitrogens with one attached hydrogen (secondary N) is 4. The largest absolute Gasteiger partial charge is 0.361 e. The van der Waals surface area contributed by atoms with Crippen LogP contribution in [0.5, 0.6) is 0 Å². The molecule has 43 heavy (non-hydrogen) atoms. The van der Waals surface area contributed by atoms with Crippen LogP contribution in [0, 0.1) is 11.8 Å². The second-order valence-corrected chi connectivity index (χ2v) is 12.8. The third kappa shape index (κ3) is 7.32. The summed E-state index contributed by atoms with van der Waals surface area (Å²) >= 11 is 0. The van der Waals surface area contributed by atoms with Crippen molar-refractivity contribution in [2.45, 2.75) is 70.0 Å². The van der Waals surface area contributed by atoms with Gasteiger partial charge < -0.3 is 20.4 Å². The minimum absolute atomic E-state index is 0.0778. The van der Waals surface area contributed by atoms with Crippen molar-refractivity contribution < 1.29 is 22.8 Å². The Labute approximate surface area is 252 Å². The van der Waals surface area contributed by atoms with Gasteiger partial charge in [-0.2, -0.15) is 4.72 Å². The molecule has 0 aliphatic carbocycles. The number of amides is 2. The fourth-order valence-electron chi connectivity index (χ4n) is 5.21. The predicted molar refractivity (Wildman–Crippen MR) is 169 cm³/mol. The van der Waals surface area contributed by atoms with Gasteiger partial charge in [0.1, 0.15) is 18.4 Å². The maximum atomic E-state index is 13.7. The molecule has 4 aromatic rings. The molecule has 4 rings (SSSR count). The number of aromatic amines is 1. The van der Waals surface area contributed by atoms with Crippen molar-refractivity contribution in [3.8, 4) is 0 Å². The molecule has 1 heterocycles. The quantitative estimate of drug-likeness (QED) is 0.157. The molecule has 0 saturated carbocycles. The SMILES string of the molecule is CC[C@H](C)[C@H](NC(=O)[C@@H](NS(=O)(=O)c1cccc2ccccc12)[C@@H](C)CC)C(=O)N[C@H](C=O)Cc1c[nH]c2ccccc12. The molecule has 0 bridgehead atoms. The number of carbonyl (C=O) groups excluding carboxylic acids is 3. The maximum Gasteiger partial charge on any atom is 0.243 e. The van der Waals surface area contributed by atoms with Gasteiger partial charge >= 0.3 is 0 Å². The van der Waals surface area contributed by atoms with Crippen molar-refractivity contribution in [3.05, 3.63) is 78.5 Å². The number of hydrogen-bond donors (Lipinski definition) is 4.